The molecule has 0 saturated heterocycles. The third-order valence-electron chi connectivity index (χ3n) is 2.11. The first kappa shape index (κ1) is 15.3. The van der Waals surface area contributed by atoms with Gasteiger partial charge in [0, 0.05) is 10.9 Å². The molecule has 0 atom stereocenters. The zero-order chi connectivity index (χ0) is 14.6. The molecule has 0 radical (unpaired) electrons. The van der Waals surface area contributed by atoms with Gasteiger partial charge in [0.25, 0.3) is 0 Å². The molecule has 8 heteroatoms. The summed E-state index contributed by atoms with van der Waals surface area (Å²) < 4.78 is 45.0. The first-order valence-electron chi connectivity index (χ1n) is 4.79. The number of esters is 1. The van der Waals surface area contributed by atoms with E-state index in [0.717, 1.165) is 19.2 Å². The van der Waals surface area contributed by atoms with Crippen molar-refractivity contribution in [3.63, 3.8) is 0 Å². The molecular weight excluding hydrogens is 331 g/mol. The van der Waals surface area contributed by atoms with Crippen LogP contribution in [0.2, 0.25) is 0 Å². The molecule has 0 unspecified atom stereocenters. The number of carbonyl (C=O) groups excluding carboxylic acids is 1. The van der Waals surface area contributed by atoms with E-state index in [1.807, 2.05) is 0 Å². The van der Waals surface area contributed by atoms with E-state index < -0.39 is 18.1 Å². The summed E-state index contributed by atoms with van der Waals surface area (Å²) in [5.74, 6) is -1.46. The van der Waals surface area contributed by atoms with Crippen LogP contribution in [0.3, 0.4) is 0 Å². The molecule has 0 amide bonds. The second kappa shape index (κ2) is 5.93. The molecule has 0 aliphatic rings. The molecule has 1 rings (SSSR count). The number of benzene rings is 1. The predicted molar refractivity (Wildman–Crippen MR) is 61.8 cm³/mol. The van der Waals surface area contributed by atoms with E-state index in [2.05, 4.69) is 25.4 Å². The van der Waals surface area contributed by atoms with Crippen LogP contribution in [0.1, 0.15) is 21.5 Å². The highest BCUT2D eigenvalue weighted by molar-refractivity contribution is 9.08. The Kier molecular flexibility index (Phi) is 4.78. The summed E-state index contributed by atoms with van der Waals surface area (Å²) in [5, 5.41) is 8.87. The third kappa shape index (κ3) is 3.86. The second-order valence-electron chi connectivity index (χ2n) is 3.29. The van der Waals surface area contributed by atoms with Crippen molar-refractivity contribution in [3.8, 4) is 11.8 Å². The molecule has 0 aromatic heterocycles. The Bertz CT molecular complexity index is 537. The molecule has 0 heterocycles. The lowest BCUT2D eigenvalue weighted by Crippen LogP contribution is -2.19. The normalized spacial score (nSPS) is 10.7. The molecule has 0 bridgehead atoms. The number of ether oxygens (including phenoxy) is 2. The van der Waals surface area contributed by atoms with E-state index in [1.54, 1.807) is 6.07 Å². The Balaban J connectivity index is 3.41. The maximum atomic E-state index is 12.3. The van der Waals surface area contributed by atoms with Gasteiger partial charge >= 0.3 is 12.3 Å². The van der Waals surface area contributed by atoms with E-state index in [4.69, 9.17) is 5.26 Å². The largest absolute Gasteiger partial charge is 0.573 e. The van der Waals surface area contributed by atoms with E-state index in [0.29, 0.717) is 0 Å². The number of carbonyl (C=O) groups is 1. The molecule has 1 aromatic rings. The van der Waals surface area contributed by atoms with E-state index in [1.165, 1.54) is 0 Å². The van der Waals surface area contributed by atoms with Crippen molar-refractivity contribution in [2.45, 2.75) is 11.7 Å². The van der Waals surface area contributed by atoms with Gasteiger partial charge in [-0.25, -0.2) is 4.79 Å². The summed E-state index contributed by atoms with van der Waals surface area (Å²) in [6.07, 6.45) is -4.92. The number of hydrogen-bond donors (Lipinski definition) is 0. The zero-order valence-corrected chi connectivity index (χ0v) is 11.1. The van der Waals surface area contributed by atoms with Gasteiger partial charge in [-0.3, -0.25) is 0 Å². The van der Waals surface area contributed by atoms with Crippen LogP contribution in [0.5, 0.6) is 5.75 Å². The smallest absolute Gasteiger partial charge is 0.465 e. The van der Waals surface area contributed by atoms with Gasteiger partial charge in [0.15, 0.2) is 0 Å². The fourth-order valence-electron chi connectivity index (χ4n) is 1.33. The Morgan fingerprint density at radius 2 is 2.11 bits per heavy atom. The van der Waals surface area contributed by atoms with Gasteiger partial charge in [-0.05, 0) is 12.1 Å². The minimum absolute atomic E-state index is 0.00692. The van der Waals surface area contributed by atoms with Gasteiger partial charge in [0.2, 0.25) is 0 Å². The van der Waals surface area contributed by atoms with Crippen LogP contribution < -0.4 is 4.74 Å². The standard InChI is InChI=1S/C11H7BrF3NO3/c1-18-10(17)6-2-7(5-16)8(4-12)9(3-6)19-11(13,14)15/h2-3H,4H2,1H3. The van der Waals surface area contributed by atoms with E-state index in [-0.39, 0.29) is 22.0 Å². The molecule has 0 aliphatic carbocycles. The number of hydrogen-bond acceptors (Lipinski definition) is 4. The maximum Gasteiger partial charge on any atom is 0.573 e. The lowest BCUT2D eigenvalue weighted by molar-refractivity contribution is -0.274. The molecule has 0 aliphatic heterocycles. The van der Waals surface area contributed by atoms with Crippen molar-refractivity contribution in [2.75, 3.05) is 7.11 Å². The molecular formula is C11H7BrF3NO3. The Labute approximate surface area is 114 Å². The van der Waals surface area contributed by atoms with E-state index >= 15 is 0 Å². The molecule has 1 aromatic carbocycles. The summed E-state index contributed by atoms with van der Waals surface area (Å²) >= 11 is 2.97. The van der Waals surface area contributed by atoms with E-state index in [9.17, 15) is 18.0 Å². The summed E-state index contributed by atoms with van der Waals surface area (Å²) in [5.41, 5.74) is -0.283. The number of nitriles is 1. The molecule has 0 saturated carbocycles. The second-order valence-corrected chi connectivity index (χ2v) is 3.85. The van der Waals surface area contributed by atoms with Gasteiger partial charge in [0.1, 0.15) is 5.75 Å². The van der Waals surface area contributed by atoms with Gasteiger partial charge < -0.3 is 9.47 Å². The topological polar surface area (TPSA) is 59.3 Å². The molecule has 0 N–H and O–H groups in total. The Morgan fingerprint density at radius 3 is 2.53 bits per heavy atom. The van der Waals surface area contributed by atoms with Crippen LogP contribution in [0.15, 0.2) is 12.1 Å². The molecule has 102 valence electrons. The van der Waals surface area contributed by atoms with Crippen molar-refractivity contribution in [2.24, 2.45) is 0 Å². The molecule has 0 spiro atoms. The number of nitrogens with zero attached hydrogens (tertiary/aromatic N) is 1. The Hall–Kier alpha value is -1.75. The van der Waals surface area contributed by atoms with Crippen LogP contribution in [0, 0.1) is 11.3 Å². The van der Waals surface area contributed by atoms with Gasteiger partial charge in [-0.15, -0.1) is 13.2 Å². The summed E-state index contributed by atoms with van der Waals surface area (Å²) in [6.45, 7) is 0. The molecule has 0 fully saturated rings. The third-order valence-corrected chi connectivity index (χ3v) is 2.67. The summed E-state index contributed by atoms with van der Waals surface area (Å²) in [7, 11) is 1.08. The monoisotopic (exact) mass is 337 g/mol. The highest BCUT2D eigenvalue weighted by Gasteiger charge is 2.33. The quantitative estimate of drug-likeness (QED) is 0.628. The first-order valence-corrected chi connectivity index (χ1v) is 5.91. The highest BCUT2D eigenvalue weighted by Crippen LogP contribution is 2.31. The lowest BCUT2D eigenvalue weighted by Gasteiger charge is -2.14. The number of rotatable bonds is 3. The van der Waals surface area contributed by atoms with Crippen molar-refractivity contribution in [1.82, 2.24) is 0 Å². The van der Waals surface area contributed by atoms with Crippen molar-refractivity contribution in [3.05, 3.63) is 28.8 Å². The van der Waals surface area contributed by atoms with Crippen LogP contribution in [0.25, 0.3) is 0 Å². The first-order chi connectivity index (χ1) is 8.82. The molecule has 4 nitrogen and oxygen atoms in total. The van der Waals surface area contributed by atoms with Crippen molar-refractivity contribution >= 4 is 21.9 Å². The SMILES string of the molecule is COC(=O)c1cc(C#N)c(CBr)c(OC(F)(F)F)c1. The van der Waals surface area contributed by atoms with Crippen LogP contribution >= 0.6 is 15.9 Å². The zero-order valence-electron chi connectivity index (χ0n) is 9.55. The average molecular weight is 338 g/mol. The van der Waals surface area contributed by atoms with Gasteiger partial charge in [-0.1, -0.05) is 15.9 Å². The van der Waals surface area contributed by atoms with Crippen LogP contribution in [-0.2, 0) is 10.1 Å². The number of methoxy groups -OCH3 is 1. The van der Waals surface area contributed by atoms with Gasteiger partial charge in [-0.2, -0.15) is 5.26 Å². The van der Waals surface area contributed by atoms with Crippen molar-refractivity contribution < 1.29 is 27.4 Å². The van der Waals surface area contributed by atoms with Crippen molar-refractivity contribution in [1.29, 1.82) is 5.26 Å². The highest BCUT2D eigenvalue weighted by atomic mass is 79.9. The fraction of sp³-hybridized carbons (Fsp3) is 0.273. The van der Waals surface area contributed by atoms with Crippen LogP contribution in [0.4, 0.5) is 13.2 Å². The van der Waals surface area contributed by atoms with Crippen LogP contribution in [-0.4, -0.2) is 19.4 Å². The maximum absolute atomic E-state index is 12.3. The minimum Gasteiger partial charge on any atom is -0.465 e. The fourth-order valence-corrected chi connectivity index (χ4v) is 1.91. The predicted octanol–water partition coefficient (Wildman–Crippen LogP) is 3.14. The lowest BCUT2D eigenvalue weighted by atomic mass is 10.0. The summed E-state index contributed by atoms with van der Waals surface area (Å²) in [6, 6.07) is 3.74. The summed E-state index contributed by atoms with van der Waals surface area (Å²) in [4.78, 5) is 11.3. The number of alkyl halides is 4. The average Bonchev–Trinajstić information content (AvgIpc) is 2.34. The minimum atomic E-state index is -4.92. The molecule has 19 heavy (non-hydrogen) atoms. The Morgan fingerprint density at radius 1 is 1.47 bits per heavy atom. The number of halogens is 4. The van der Waals surface area contributed by atoms with Gasteiger partial charge in [0.05, 0.1) is 24.3 Å².